The van der Waals surface area contributed by atoms with Gasteiger partial charge in [0.05, 0.1) is 11.0 Å². The standard InChI is InChI=1S/C16H22O3S/c1-15(2,3)14(18)16(4,5)10-19-13(17)11-7-6-8-12(20)9-11/h6-9,20H,10H2,1-5H3/p-1. The Labute approximate surface area is 126 Å². The number of rotatable bonds is 4. The molecule has 0 aliphatic rings. The molecule has 0 spiro atoms. The highest BCUT2D eigenvalue weighted by Crippen LogP contribution is 2.29. The molecule has 1 aromatic carbocycles. The van der Waals surface area contributed by atoms with Gasteiger partial charge in [0.2, 0.25) is 0 Å². The van der Waals surface area contributed by atoms with Gasteiger partial charge in [-0.15, -0.1) is 0 Å². The number of esters is 1. The van der Waals surface area contributed by atoms with Crippen molar-refractivity contribution in [2.45, 2.75) is 39.5 Å². The quantitative estimate of drug-likeness (QED) is 0.630. The van der Waals surface area contributed by atoms with Gasteiger partial charge < -0.3 is 17.4 Å². The molecule has 0 atom stereocenters. The summed E-state index contributed by atoms with van der Waals surface area (Å²) in [4.78, 5) is 24.8. The summed E-state index contributed by atoms with van der Waals surface area (Å²) in [5, 5.41) is 0. The molecule has 4 heteroatoms. The van der Waals surface area contributed by atoms with E-state index in [0.717, 1.165) is 0 Å². The van der Waals surface area contributed by atoms with Crippen LogP contribution in [-0.2, 0) is 22.2 Å². The SMILES string of the molecule is CC(C)(C)C(=O)C(C)(C)COC(=O)c1cccc([S-])c1. The van der Waals surface area contributed by atoms with Crippen LogP contribution in [0.5, 0.6) is 0 Å². The van der Waals surface area contributed by atoms with Crippen molar-refractivity contribution in [2.75, 3.05) is 6.61 Å². The van der Waals surface area contributed by atoms with Crippen LogP contribution < -0.4 is 0 Å². The van der Waals surface area contributed by atoms with E-state index in [0.29, 0.717) is 10.5 Å². The van der Waals surface area contributed by atoms with Gasteiger partial charge in [-0.2, -0.15) is 4.90 Å². The molecule has 1 rings (SSSR count). The van der Waals surface area contributed by atoms with Crippen molar-refractivity contribution in [3.8, 4) is 0 Å². The summed E-state index contributed by atoms with van der Waals surface area (Å²) in [6, 6.07) is 6.69. The van der Waals surface area contributed by atoms with Gasteiger partial charge in [-0.3, -0.25) is 4.79 Å². The number of ketones is 1. The molecule has 0 fully saturated rings. The van der Waals surface area contributed by atoms with Crippen LogP contribution in [0, 0.1) is 10.8 Å². The molecule has 0 saturated heterocycles. The van der Waals surface area contributed by atoms with Crippen LogP contribution in [0.2, 0.25) is 0 Å². The van der Waals surface area contributed by atoms with E-state index in [2.05, 4.69) is 0 Å². The van der Waals surface area contributed by atoms with Crippen LogP contribution >= 0.6 is 0 Å². The van der Waals surface area contributed by atoms with E-state index in [1.165, 1.54) is 0 Å². The van der Waals surface area contributed by atoms with E-state index in [1.54, 1.807) is 38.1 Å². The maximum atomic E-state index is 12.3. The minimum absolute atomic E-state index is 0.0591. The fourth-order valence-electron chi connectivity index (χ4n) is 2.03. The lowest BCUT2D eigenvalue weighted by Crippen LogP contribution is -2.38. The Morgan fingerprint density at radius 1 is 1.15 bits per heavy atom. The lowest BCUT2D eigenvalue weighted by Gasteiger charge is -2.30. The fourth-order valence-corrected chi connectivity index (χ4v) is 2.24. The molecule has 110 valence electrons. The molecule has 1 aromatic rings. The Morgan fingerprint density at radius 2 is 1.75 bits per heavy atom. The van der Waals surface area contributed by atoms with E-state index in [9.17, 15) is 9.59 Å². The first-order valence-corrected chi connectivity index (χ1v) is 6.94. The monoisotopic (exact) mass is 293 g/mol. The molecule has 3 nitrogen and oxygen atoms in total. The van der Waals surface area contributed by atoms with E-state index < -0.39 is 16.8 Å². The average Bonchev–Trinajstić information content (AvgIpc) is 2.34. The average molecular weight is 293 g/mol. The Kier molecular flexibility index (Phi) is 4.92. The highest BCUT2D eigenvalue weighted by molar-refractivity contribution is 7.58. The summed E-state index contributed by atoms with van der Waals surface area (Å²) in [6.07, 6.45) is 0. The number of Topliss-reactive ketones (excluding diaryl/α,β-unsaturated/α-hetero) is 1. The zero-order valence-electron chi connectivity index (χ0n) is 12.6. The third-order valence-corrected chi connectivity index (χ3v) is 3.18. The molecular formula is C16H21O3S-. The minimum Gasteiger partial charge on any atom is -0.780 e. The lowest BCUT2D eigenvalue weighted by atomic mass is 9.75. The summed E-state index contributed by atoms with van der Waals surface area (Å²) in [5.41, 5.74) is -0.757. The normalized spacial score (nSPS) is 12.1. The first-order chi connectivity index (χ1) is 9.04. The largest absolute Gasteiger partial charge is 0.780 e. The highest BCUT2D eigenvalue weighted by Gasteiger charge is 2.37. The number of ether oxygens (including phenoxy) is 1. The van der Waals surface area contributed by atoms with Crippen LogP contribution in [-0.4, -0.2) is 18.4 Å². The fraction of sp³-hybridized carbons (Fsp3) is 0.500. The van der Waals surface area contributed by atoms with Gasteiger partial charge in [0.1, 0.15) is 12.4 Å². The third kappa shape index (κ3) is 4.30. The van der Waals surface area contributed by atoms with E-state index in [1.807, 2.05) is 20.8 Å². The first kappa shape index (κ1) is 16.6. The molecule has 0 amide bonds. The summed E-state index contributed by atoms with van der Waals surface area (Å²) < 4.78 is 5.26. The molecule has 0 unspecified atom stereocenters. The number of benzene rings is 1. The van der Waals surface area contributed by atoms with Gasteiger partial charge in [-0.05, 0) is 19.9 Å². The Bertz CT molecular complexity index is 513. The predicted octanol–water partition coefficient (Wildman–Crippen LogP) is 3.39. The topological polar surface area (TPSA) is 43.4 Å². The molecule has 0 N–H and O–H groups in total. The van der Waals surface area contributed by atoms with E-state index in [4.69, 9.17) is 17.4 Å². The van der Waals surface area contributed by atoms with Crippen LogP contribution in [0.4, 0.5) is 0 Å². The van der Waals surface area contributed by atoms with Gasteiger partial charge in [0.15, 0.2) is 0 Å². The maximum Gasteiger partial charge on any atom is 0.338 e. The van der Waals surface area contributed by atoms with Crippen LogP contribution in [0.1, 0.15) is 45.0 Å². The molecule has 0 radical (unpaired) electrons. The molecule has 0 aromatic heterocycles. The van der Waals surface area contributed by atoms with Gasteiger partial charge >= 0.3 is 5.97 Å². The number of carbonyl (C=O) groups excluding carboxylic acids is 2. The lowest BCUT2D eigenvalue weighted by molar-refractivity contribution is -0.137. The second-order valence-corrected chi connectivity index (χ2v) is 7.04. The van der Waals surface area contributed by atoms with Crippen molar-refractivity contribution in [3.63, 3.8) is 0 Å². The van der Waals surface area contributed by atoms with Gasteiger partial charge in [0.25, 0.3) is 0 Å². The van der Waals surface area contributed by atoms with Crippen LogP contribution in [0.15, 0.2) is 29.2 Å². The Morgan fingerprint density at radius 3 is 2.25 bits per heavy atom. The van der Waals surface area contributed by atoms with Crippen molar-refractivity contribution in [1.82, 2.24) is 0 Å². The van der Waals surface area contributed by atoms with E-state index >= 15 is 0 Å². The molecule has 0 heterocycles. The third-order valence-electron chi connectivity index (χ3n) is 2.93. The molecule has 0 aliphatic carbocycles. The first-order valence-electron chi connectivity index (χ1n) is 6.53. The zero-order valence-corrected chi connectivity index (χ0v) is 13.5. The molecule has 0 saturated carbocycles. The summed E-state index contributed by atoms with van der Waals surface area (Å²) in [6.45, 7) is 9.22. The summed E-state index contributed by atoms with van der Waals surface area (Å²) in [5.74, 6) is -0.388. The second-order valence-electron chi connectivity index (χ2n) is 6.57. The summed E-state index contributed by atoms with van der Waals surface area (Å²) >= 11 is 5.00. The Balaban J connectivity index is 2.72. The van der Waals surface area contributed by atoms with Crippen molar-refractivity contribution < 1.29 is 14.3 Å². The van der Waals surface area contributed by atoms with Crippen molar-refractivity contribution in [1.29, 1.82) is 0 Å². The van der Waals surface area contributed by atoms with E-state index in [-0.39, 0.29) is 12.4 Å². The predicted molar refractivity (Wildman–Crippen MR) is 80.6 cm³/mol. The van der Waals surface area contributed by atoms with Gasteiger partial charge in [0, 0.05) is 5.41 Å². The zero-order chi connectivity index (χ0) is 15.6. The smallest absolute Gasteiger partial charge is 0.338 e. The van der Waals surface area contributed by atoms with Gasteiger partial charge in [-0.1, -0.05) is 39.0 Å². The van der Waals surface area contributed by atoms with Crippen LogP contribution in [0.25, 0.3) is 0 Å². The van der Waals surface area contributed by atoms with Crippen molar-refractivity contribution >= 4 is 24.4 Å². The highest BCUT2D eigenvalue weighted by atomic mass is 32.1. The number of hydrogen-bond donors (Lipinski definition) is 0. The van der Waals surface area contributed by atoms with Gasteiger partial charge in [-0.25, -0.2) is 4.79 Å². The maximum absolute atomic E-state index is 12.3. The molecule has 0 aliphatic heterocycles. The number of hydrogen-bond acceptors (Lipinski definition) is 4. The molecule has 0 bridgehead atoms. The molecule has 20 heavy (non-hydrogen) atoms. The van der Waals surface area contributed by atoms with Crippen LogP contribution in [0.3, 0.4) is 0 Å². The van der Waals surface area contributed by atoms with Crippen molar-refractivity contribution in [3.05, 3.63) is 29.8 Å². The minimum atomic E-state index is -0.709. The second kappa shape index (κ2) is 5.92. The Hall–Kier alpha value is -1.42. The molecular weight excluding hydrogens is 272 g/mol. The summed E-state index contributed by atoms with van der Waals surface area (Å²) in [7, 11) is 0. The number of carbonyl (C=O) groups is 2. The van der Waals surface area contributed by atoms with Crippen molar-refractivity contribution in [2.24, 2.45) is 10.8 Å².